The summed E-state index contributed by atoms with van der Waals surface area (Å²) in [4.78, 5) is 11.7. The summed E-state index contributed by atoms with van der Waals surface area (Å²) in [7, 11) is 0. The van der Waals surface area contributed by atoms with Gasteiger partial charge in [0.05, 0.1) is 6.04 Å². The molecule has 3 nitrogen and oxygen atoms in total. The zero-order valence-corrected chi connectivity index (χ0v) is 8.70. The fourth-order valence-corrected chi connectivity index (χ4v) is 1.92. The van der Waals surface area contributed by atoms with Gasteiger partial charge in [0.25, 0.3) is 0 Å². The topological polar surface area (TPSA) is 55.1 Å². The van der Waals surface area contributed by atoms with Gasteiger partial charge in [-0.25, -0.2) is 0 Å². The molecule has 1 fully saturated rings. The normalized spacial score (nSPS) is 21.7. The largest absolute Gasteiger partial charge is 0.326 e. The van der Waals surface area contributed by atoms with Gasteiger partial charge >= 0.3 is 0 Å². The van der Waals surface area contributed by atoms with Crippen LogP contribution >= 0.6 is 0 Å². The van der Waals surface area contributed by atoms with Crippen molar-refractivity contribution in [2.24, 2.45) is 5.73 Å². The van der Waals surface area contributed by atoms with Gasteiger partial charge in [0.15, 0.2) is 5.78 Å². The smallest absolute Gasteiger partial charge is 0.154 e. The first-order valence-corrected chi connectivity index (χ1v) is 5.36. The average molecular weight is 204 g/mol. The Morgan fingerprint density at radius 2 is 2.07 bits per heavy atom. The molecule has 1 aromatic carbocycles. The first-order valence-electron chi connectivity index (χ1n) is 5.36. The highest BCUT2D eigenvalue weighted by atomic mass is 16.1. The number of nitrogens with one attached hydrogen (secondary N) is 1. The second kappa shape index (κ2) is 4.55. The number of rotatable bonds is 2. The Bertz CT molecular complexity index is 345. The summed E-state index contributed by atoms with van der Waals surface area (Å²) in [5, 5.41) is 3.24. The second-order valence-corrected chi connectivity index (χ2v) is 3.90. The first-order chi connectivity index (χ1) is 7.31. The summed E-state index contributed by atoms with van der Waals surface area (Å²) >= 11 is 0. The minimum absolute atomic E-state index is 0.106. The van der Waals surface area contributed by atoms with E-state index in [2.05, 4.69) is 5.32 Å². The third-order valence-electron chi connectivity index (χ3n) is 2.82. The van der Waals surface area contributed by atoms with E-state index < -0.39 is 0 Å². The molecule has 1 unspecified atom stereocenters. The number of benzene rings is 1. The van der Waals surface area contributed by atoms with E-state index in [1.54, 1.807) is 0 Å². The summed E-state index contributed by atoms with van der Waals surface area (Å²) in [6.45, 7) is 1.47. The molecule has 0 saturated carbocycles. The number of hydrogen-bond acceptors (Lipinski definition) is 3. The Hall–Kier alpha value is -1.19. The number of nitrogens with two attached hydrogens (primary N) is 1. The van der Waals surface area contributed by atoms with Gasteiger partial charge in [-0.3, -0.25) is 4.79 Å². The van der Waals surface area contributed by atoms with Crippen molar-refractivity contribution in [1.29, 1.82) is 0 Å². The van der Waals surface area contributed by atoms with E-state index in [0.29, 0.717) is 18.7 Å². The van der Waals surface area contributed by atoms with Crippen molar-refractivity contribution < 1.29 is 4.79 Å². The molecule has 15 heavy (non-hydrogen) atoms. The number of piperidine rings is 1. The summed E-state index contributed by atoms with van der Waals surface area (Å²) in [6, 6.07) is 7.84. The summed E-state index contributed by atoms with van der Waals surface area (Å²) < 4.78 is 0. The molecule has 0 amide bonds. The Morgan fingerprint density at radius 1 is 1.33 bits per heavy atom. The van der Waals surface area contributed by atoms with E-state index in [-0.39, 0.29) is 6.04 Å². The van der Waals surface area contributed by atoms with Crippen LogP contribution in [0, 0.1) is 0 Å². The number of hydrogen-bond donors (Lipinski definition) is 2. The Morgan fingerprint density at radius 3 is 2.67 bits per heavy atom. The van der Waals surface area contributed by atoms with Gasteiger partial charge < -0.3 is 11.1 Å². The SMILES string of the molecule is NCc1ccc(C2NCCCC2=O)cc1. The molecule has 80 valence electrons. The van der Waals surface area contributed by atoms with Crippen LogP contribution in [0.4, 0.5) is 0 Å². The molecule has 0 radical (unpaired) electrons. The van der Waals surface area contributed by atoms with Crippen LogP contribution in [0.1, 0.15) is 30.0 Å². The van der Waals surface area contributed by atoms with Gasteiger partial charge in [-0.15, -0.1) is 0 Å². The highest BCUT2D eigenvalue weighted by Gasteiger charge is 2.22. The van der Waals surface area contributed by atoms with Crippen LogP contribution in [0.3, 0.4) is 0 Å². The predicted molar refractivity (Wildman–Crippen MR) is 59.3 cm³/mol. The van der Waals surface area contributed by atoms with E-state index in [9.17, 15) is 4.79 Å². The van der Waals surface area contributed by atoms with Gasteiger partial charge in [0, 0.05) is 13.0 Å². The molecule has 2 rings (SSSR count). The van der Waals surface area contributed by atoms with Crippen LogP contribution in [0.25, 0.3) is 0 Å². The Balaban J connectivity index is 2.17. The fourth-order valence-electron chi connectivity index (χ4n) is 1.92. The Labute approximate surface area is 89.7 Å². The maximum atomic E-state index is 11.7. The fraction of sp³-hybridized carbons (Fsp3) is 0.417. The minimum Gasteiger partial charge on any atom is -0.326 e. The van der Waals surface area contributed by atoms with Crippen LogP contribution < -0.4 is 11.1 Å². The molecule has 1 aromatic rings. The molecule has 1 saturated heterocycles. The molecule has 0 bridgehead atoms. The molecular formula is C12H16N2O. The Kier molecular flexibility index (Phi) is 3.14. The van der Waals surface area contributed by atoms with Crippen LogP contribution in [0.2, 0.25) is 0 Å². The molecular weight excluding hydrogens is 188 g/mol. The van der Waals surface area contributed by atoms with E-state index in [1.165, 1.54) is 0 Å². The lowest BCUT2D eigenvalue weighted by molar-refractivity contribution is -0.122. The van der Waals surface area contributed by atoms with E-state index in [0.717, 1.165) is 24.1 Å². The quantitative estimate of drug-likeness (QED) is 0.759. The maximum absolute atomic E-state index is 11.7. The van der Waals surface area contributed by atoms with Crippen molar-refractivity contribution in [1.82, 2.24) is 5.32 Å². The first kappa shape index (κ1) is 10.3. The standard InChI is InChI=1S/C12H16N2O/c13-8-9-3-5-10(6-4-9)12-11(15)2-1-7-14-12/h3-6,12,14H,1-2,7-8,13H2. The van der Waals surface area contributed by atoms with Crippen LogP contribution in [0.15, 0.2) is 24.3 Å². The molecule has 1 aliphatic rings. The van der Waals surface area contributed by atoms with Crippen LogP contribution in [-0.2, 0) is 11.3 Å². The summed E-state index contributed by atoms with van der Waals surface area (Å²) in [5.41, 5.74) is 7.67. The molecule has 1 aliphatic heterocycles. The number of Topliss-reactive ketones (excluding diaryl/α,β-unsaturated/α-hetero) is 1. The highest BCUT2D eigenvalue weighted by molar-refractivity contribution is 5.85. The highest BCUT2D eigenvalue weighted by Crippen LogP contribution is 2.20. The summed E-state index contributed by atoms with van der Waals surface area (Å²) in [6.07, 6.45) is 1.65. The maximum Gasteiger partial charge on any atom is 0.154 e. The van der Waals surface area contributed by atoms with Crippen molar-refractivity contribution in [3.05, 3.63) is 35.4 Å². The van der Waals surface area contributed by atoms with Crippen molar-refractivity contribution in [3.8, 4) is 0 Å². The van der Waals surface area contributed by atoms with Crippen molar-refractivity contribution >= 4 is 5.78 Å². The lowest BCUT2D eigenvalue weighted by Gasteiger charge is -2.22. The van der Waals surface area contributed by atoms with E-state index >= 15 is 0 Å². The van der Waals surface area contributed by atoms with Gasteiger partial charge in [-0.2, -0.15) is 0 Å². The molecule has 0 aromatic heterocycles. The minimum atomic E-state index is -0.106. The van der Waals surface area contributed by atoms with E-state index in [4.69, 9.17) is 5.73 Å². The molecule has 3 heteroatoms. The lowest BCUT2D eigenvalue weighted by atomic mass is 9.95. The van der Waals surface area contributed by atoms with Gasteiger partial charge in [-0.05, 0) is 24.1 Å². The third-order valence-corrected chi connectivity index (χ3v) is 2.82. The third kappa shape index (κ3) is 2.25. The monoisotopic (exact) mass is 204 g/mol. The van der Waals surface area contributed by atoms with Crippen molar-refractivity contribution in [3.63, 3.8) is 0 Å². The molecule has 0 aliphatic carbocycles. The van der Waals surface area contributed by atoms with Crippen molar-refractivity contribution in [2.75, 3.05) is 6.54 Å². The second-order valence-electron chi connectivity index (χ2n) is 3.90. The molecule has 0 spiro atoms. The summed E-state index contributed by atoms with van der Waals surface area (Å²) in [5.74, 6) is 0.293. The average Bonchev–Trinajstić information content (AvgIpc) is 2.30. The van der Waals surface area contributed by atoms with Crippen LogP contribution in [-0.4, -0.2) is 12.3 Å². The van der Waals surface area contributed by atoms with Crippen LogP contribution in [0.5, 0.6) is 0 Å². The van der Waals surface area contributed by atoms with Gasteiger partial charge in [-0.1, -0.05) is 24.3 Å². The molecule has 1 atom stereocenters. The number of carbonyl (C=O) groups is 1. The van der Waals surface area contributed by atoms with Gasteiger partial charge in [0.1, 0.15) is 0 Å². The lowest BCUT2D eigenvalue weighted by Crippen LogP contribution is -2.34. The molecule has 3 N–H and O–H groups in total. The predicted octanol–water partition coefficient (Wildman–Crippen LogP) is 1.14. The molecule has 1 heterocycles. The van der Waals surface area contributed by atoms with Crippen molar-refractivity contribution in [2.45, 2.75) is 25.4 Å². The zero-order valence-electron chi connectivity index (χ0n) is 8.70. The van der Waals surface area contributed by atoms with Gasteiger partial charge in [0.2, 0.25) is 0 Å². The number of carbonyl (C=O) groups excluding carboxylic acids is 1. The number of ketones is 1. The zero-order chi connectivity index (χ0) is 10.7. The van der Waals surface area contributed by atoms with E-state index in [1.807, 2.05) is 24.3 Å².